The molecule has 0 aliphatic carbocycles. The van der Waals surface area contributed by atoms with Crippen molar-refractivity contribution in [1.82, 2.24) is 15.5 Å². The number of benzene rings is 2. The molecule has 2 rings (SSSR count). The van der Waals surface area contributed by atoms with Gasteiger partial charge in [0, 0.05) is 32.2 Å². The van der Waals surface area contributed by atoms with Gasteiger partial charge in [0.15, 0.2) is 5.96 Å². The smallest absolute Gasteiger partial charge is 0.191 e. The van der Waals surface area contributed by atoms with Crippen LogP contribution < -0.4 is 10.6 Å². The molecule has 0 unspecified atom stereocenters. The first-order chi connectivity index (χ1) is 12.7. The molecule has 2 N–H and O–H groups in total. The first-order valence-corrected chi connectivity index (χ1v) is 9.14. The lowest BCUT2D eigenvalue weighted by Gasteiger charge is -2.18. The molecular weight excluding hydrogens is 454 g/mol. The zero-order valence-electron chi connectivity index (χ0n) is 16.3. The molecule has 0 saturated carbocycles. The SMILES string of the molecule is CCN(CC)Cc1cccc(CNC(=NC)NCc2ccccc2F)c1.I. The zero-order chi connectivity index (χ0) is 18.8. The summed E-state index contributed by atoms with van der Waals surface area (Å²) in [5, 5.41) is 6.44. The van der Waals surface area contributed by atoms with Crippen LogP contribution in [0.2, 0.25) is 0 Å². The molecule has 0 fully saturated rings. The Bertz CT molecular complexity index is 717. The lowest BCUT2D eigenvalue weighted by molar-refractivity contribution is 0.296. The molecule has 0 radical (unpaired) electrons. The highest BCUT2D eigenvalue weighted by Gasteiger charge is 2.05. The quantitative estimate of drug-likeness (QED) is 0.336. The molecule has 0 aliphatic heterocycles. The maximum absolute atomic E-state index is 13.7. The summed E-state index contributed by atoms with van der Waals surface area (Å²) >= 11 is 0. The number of nitrogens with one attached hydrogen (secondary N) is 2. The van der Waals surface area contributed by atoms with Crippen molar-refractivity contribution in [3.8, 4) is 0 Å². The molecular formula is C21H30FIN4. The number of nitrogens with zero attached hydrogens (tertiary/aromatic N) is 2. The lowest BCUT2D eigenvalue weighted by atomic mass is 10.1. The van der Waals surface area contributed by atoms with Crippen molar-refractivity contribution in [3.63, 3.8) is 0 Å². The predicted molar refractivity (Wildman–Crippen MR) is 122 cm³/mol. The Morgan fingerprint density at radius 2 is 1.63 bits per heavy atom. The summed E-state index contributed by atoms with van der Waals surface area (Å²) in [6.07, 6.45) is 0. The Morgan fingerprint density at radius 3 is 2.30 bits per heavy atom. The van der Waals surface area contributed by atoms with Crippen LogP contribution >= 0.6 is 24.0 Å². The number of hydrogen-bond donors (Lipinski definition) is 2. The van der Waals surface area contributed by atoms with Crippen LogP contribution in [0.15, 0.2) is 53.5 Å². The normalized spacial score (nSPS) is 11.2. The van der Waals surface area contributed by atoms with Gasteiger partial charge in [-0.3, -0.25) is 9.89 Å². The molecule has 0 heterocycles. The molecule has 2 aromatic rings. The van der Waals surface area contributed by atoms with Gasteiger partial charge in [-0.2, -0.15) is 0 Å². The highest BCUT2D eigenvalue weighted by molar-refractivity contribution is 14.0. The van der Waals surface area contributed by atoms with E-state index in [-0.39, 0.29) is 29.8 Å². The van der Waals surface area contributed by atoms with Gasteiger partial charge < -0.3 is 10.6 Å². The summed E-state index contributed by atoms with van der Waals surface area (Å²) in [4.78, 5) is 6.60. The van der Waals surface area contributed by atoms with E-state index in [0.29, 0.717) is 24.6 Å². The molecule has 2 aromatic carbocycles. The number of rotatable bonds is 8. The van der Waals surface area contributed by atoms with Gasteiger partial charge in [-0.25, -0.2) is 4.39 Å². The molecule has 0 aliphatic rings. The molecule has 6 heteroatoms. The predicted octanol–water partition coefficient (Wildman–Crippen LogP) is 4.15. The largest absolute Gasteiger partial charge is 0.352 e. The van der Waals surface area contributed by atoms with Gasteiger partial charge in [-0.05, 0) is 30.3 Å². The average molecular weight is 484 g/mol. The van der Waals surface area contributed by atoms with Crippen molar-refractivity contribution < 1.29 is 4.39 Å². The van der Waals surface area contributed by atoms with Crippen molar-refractivity contribution in [2.75, 3.05) is 20.1 Å². The fourth-order valence-electron chi connectivity index (χ4n) is 2.77. The van der Waals surface area contributed by atoms with Gasteiger partial charge >= 0.3 is 0 Å². The van der Waals surface area contributed by atoms with Crippen molar-refractivity contribution >= 4 is 29.9 Å². The van der Waals surface area contributed by atoms with E-state index in [0.717, 1.165) is 19.6 Å². The summed E-state index contributed by atoms with van der Waals surface area (Å²) in [7, 11) is 1.72. The molecule has 0 amide bonds. The Morgan fingerprint density at radius 1 is 0.963 bits per heavy atom. The van der Waals surface area contributed by atoms with E-state index in [1.54, 1.807) is 19.2 Å². The minimum Gasteiger partial charge on any atom is -0.352 e. The molecule has 0 aromatic heterocycles. The van der Waals surface area contributed by atoms with Gasteiger partial charge in [0.05, 0.1) is 0 Å². The van der Waals surface area contributed by atoms with E-state index in [9.17, 15) is 4.39 Å². The van der Waals surface area contributed by atoms with Crippen LogP contribution in [0.25, 0.3) is 0 Å². The van der Waals surface area contributed by atoms with E-state index in [4.69, 9.17) is 0 Å². The Kier molecular flexibility index (Phi) is 11.0. The van der Waals surface area contributed by atoms with Crippen molar-refractivity contribution in [1.29, 1.82) is 0 Å². The van der Waals surface area contributed by atoms with Crippen molar-refractivity contribution in [2.45, 2.75) is 33.5 Å². The molecule has 0 atom stereocenters. The van der Waals surface area contributed by atoms with Crippen LogP contribution in [0.1, 0.15) is 30.5 Å². The van der Waals surface area contributed by atoms with Crippen LogP contribution in [0, 0.1) is 5.82 Å². The van der Waals surface area contributed by atoms with Crippen molar-refractivity contribution in [2.24, 2.45) is 4.99 Å². The second-order valence-corrected chi connectivity index (χ2v) is 6.15. The Labute approximate surface area is 179 Å². The van der Waals surface area contributed by atoms with E-state index >= 15 is 0 Å². The maximum atomic E-state index is 13.7. The van der Waals surface area contributed by atoms with E-state index in [2.05, 4.69) is 58.6 Å². The maximum Gasteiger partial charge on any atom is 0.191 e. The fourth-order valence-corrected chi connectivity index (χ4v) is 2.77. The second-order valence-electron chi connectivity index (χ2n) is 6.15. The number of aliphatic imine (C=N–C) groups is 1. The summed E-state index contributed by atoms with van der Waals surface area (Å²) in [5.74, 6) is 0.446. The van der Waals surface area contributed by atoms with Crippen LogP contribution in [0.5, 0.6) is 0 Å². The number of guanidine groups is 1. The van der Waals surface area contributed by atoms with Gasteiger partial charge in [0.1, 0.15) is 5.82 Å². The summed E-state index contributed by atoms with van der Waals surface area (Å²) in [6, 6.07) is 15.3. The van der Waals surface area contributed by atoms with Crippen LogP contribution in [0.3, 0.4) is 0 Å². The molecule has 27 heavy (non-hydrogen) atoms. The van der Waals surface area contributed by atoms with E-state index in [1.807, 2.05) is 6.07 Å². The third-order valence-electron chi connectivity index (χ3n) is 4.38. The summed E-state index contributed by atoms with van der Waals surface area (Å²) in [5.41, 5.74) is 3.13. The highest BCUT2D eigenvalue weighted by Crippen LogP contribution is 2.09. The average Bonchev–Trinajstić information content (AvgIpc) is 2.67. The zero-order valence-corrected chi connectivity index (χ0v) is 18.7. The Balaban J connectivity index is 0.00000364. The van der Waals surface area contributed by atoms with Gasteiger partial charge in [0.2, 0.25) is 0 Å². The molecule has 0 spiro atoms. The van der Waals surface area contributed by atoms with Gasteiger partial charge in [0.25, 0.3) is 0 Å². The number of halogens is 2. The highest BCUT2D eigenvalue weighted by atomic mass is 127. The van der Waals surface area contributed by atoms with Crippen LogP contribution in [-0.4, -0.2) is 31.0 Å². The molecule has 0 bridgehead atoms. The third-order valence-corrected chi connectivity index (χ3v) is 4.38. The fraction of sp³-hybridized carbons (Fsp3) is 0.381. The number of hydrogen-bond acceptors (Lipinski definition) is 2. The molecule has 148 valence electrons. The lowest BCUT2D eigenvalue weighted by Crippen LogP contribution is -2.36. The van der Waals surface area contributed by atoms with Crippen LogP contribution in [-0.2, 0) is 19.6 Å². The summed E-state index contributed by atoms with van der Waals surface area (Å²) in [6.45, 7) is 8.48. The minimum absolute atomic E-state index is 0. The van der Waals surface area contributed by atoms with E-state index < -0.39 is 0 Å². The summed E-state index contributed by atoms with van der Waals surface area (Å²) < 4.78 is 13.7. The van der Waals surface area contributed by atoms with E-state index in [1.165, 1.54) is 17.2 Å². The van der Waals surface area contributed by atoms with Gasteiger partial charge in [-0.1, -0.05) is 56.3 Å². The topological polar surface area (TPSA) is 39.7 Å². The Hall–Kier alpha value is -1.67. The third kappa shape index (κ3) is 7.84. The monoisotopic (exact) mass is 484 g/mol. The van der Waals surface area contributed by atoms with Crippen molar-refractivity contribution in [3.05, 3.63) is 71.0 Å². The molecule has 4 nitrogen and oxygen atoms in total. The first kappa shape index (κ1) is 23.4. The van der Waals surface area contributed by atoms with Crippen LogP contribution in [0.4, 0.5) is 4.39 Å². The standard InChI is InChI=1S/C21H29FN4.HI/c1-4-26(5-2)16-18-10-8-9-17(13-18)14-24-21(23-3)25-15-19-11-6-7-12-20(19)22;/h6-13H,4-5,14-16H2,1-3H3,(H2,23,24,25);1H. The van der Waals surface area contributed by atoms with Gasteiger partial charge in [-0.15, -0.1) is 24.0 Å². The first-order valence-electron chi connectivity index (χ1n) is 9.14. The molecule has 0 saturated heterocycles. The second kappa shape index (κ2) is 12.7. The minimum atomic E-state index is -0.209.